The summed E-state index contributed by atoms with van der Waals surface area (Å²) in [4.78, 5) is 13.1. The second-order valence-corrected chi connectivity index (χ2v) is 6.09. The molecule has 3 N–H and O–H groups in total. The van der Waals surface area contributed by atoms with E-state index in [1.54, 1.807) is 12.4 Å². The van der Waals surface area contributed by atoms with E-state index in [9.17, 15) is 0 Å². The van der Waals surface area contributed by atoms with Gasteiger partial charge in [-0.3, -0.25) is 4.57 Å². The predicted molar refractivity (Wildman–Crippen MR) is 93.3 cm³/mol. The molecule has 1 unspecified atom stereocenters. The molecular weight excluding hydrogens is 328 g/mol. The van der Waals surface area contributed by atoms with Gasteiger partial charge in [-0.05, 0) is 31.4 Å². The summed E-state index contributed by atoms with van der Waals surface area (Å²) in [5.74, 6) is 0.703. The number of anilines is 3. The van der Waals surface area contributed by atoms with Gasteiger partial charge < -0.3 is 15.8 Å². The summed E-state index contributed by atoms with van der Waals surface area (Å²) in [6, 6.07) is 7.44. The van der Waals surface area contributed by atoms with E-state index in [1.807, 2.05) is 22.8 Å². The van der Waals surface area contributed by atoms with Gasteiger partial charge in [0.1, 0.15) is 6.23 Å². The fraction of sp³-hybridized carbons (Fsp3) is 0.312. The lowest BCUT2D eigenvalue weighted by Crippen LogP contribution is -2.18. The maximum atomic E-state index is 6.21. The number of hydrogen-bond acceptors (Lipinski definition) is 6. The molecule has 3 aromatic rings. The number of benzene rings is 1. The number of nitrogen functional groups attached to an aromatic ring is 1. The lowest BCUT2D eigenvalue weighted by atomic mass is 10.2. The zero-order valence-corrected chi connectivity index (χ0v) is 13.7. The summed E-state index contributed by atoms with van der Waals surface area (Å²) < 4.78 is 7.75. The van der Waals surface area contributed by atoms with Crippen molar-refractivity contribution in [3.8, 4) is 0 Å². The molecule has 1 saturated heterocycles. The summed E-state index contributed by atoms with van der Waals surface area (Å²) in [6.07, 6.45) is 4.80. The van der Waals surface area contributed by atoms with Crippen molar-refractivity contribution < 1.29 is 4.74 Å². The van der Waals surface area contributed by atoms with E-state index in [0.29, 0.717) is 22.0 Å². The smallest absolute Gasteiger partial charge is 0.224 e. The molecule has 1 aliphatic heterocycles. The highest BCUT2D eigenvalue weighted by molar-refractivity contribution is 6.33. The number of para-hydroxylation sites is 1. The van der Waals surface area contributed by atoms with Crippen molar-refractivity contribution in [2.45, 2.75) is 25.5 Å². The molecule has 0 amide bonds. The second kappa shape index (κ2) is 6.26. The normalized spacial score (nSPS) is 18.0. The Morgan fingerprint density at radius 3 is 2.92 bits per heavy atom. The lowest BCUT2D eigenvalue weighted by Gasteiger charge is -2.23. The summed E-state index contributed by atoms with van der Waals surface area (Å²) in [7, 11) is 0. The van der Waals surface area contributed by atoms with E-state index < -0.39 is 0 Å². The molecule has 0 saturated carbocycles. The third-order valence-corrected chi connectivity index (χ3v) is 4.36. The molecule has 1 fully saturated rings. The van der Waals surface area contributed by atoms with Crippen LogP contribution in [0.25, 0.3) is 11.2 Å². The Hall–Kier alpha value is -2.38. The fourth-order valence-corrected chi connectivity index (χ4v) is 3.05. The van der Waals surface area contributed by atoms with Gasteiger partial charge in [-0.1, -0.05) is 23.7 Å². The van der Waals surface area contributed by atoms with Crippen LogP contribution in [0.1, 0.15) is 25.5 Å². The zero-order valence-electron chi connectivity index (χ0n) is 12.9. The van der Waals surface area contributed by atoms with Crippen LogP contribution in [0.4, 0.5) is 17.5 Å². The van der Waals surface area contributed by atoms with E-state index in [2.05, 4.69) is 20.3 Å². The monoisotopic (exact) mass is 344 g/mol. The minimum Gasteiger partial charge on any atom is -0.368 e. The molecular formula is C16H17ClN6O. The number of fused-ring (bicyclic) bond motifs is 1. The number of nitrogens with zero attached hydrogens (tertiary/aromatic N) is 4. The Labute approximate surface area is 143 Å². The first-order valence-electron chi connectivity index (χ1n) is 7.85. The molecule has 1 aromatic carbocycles. The number of ether oxygens (including phenoxy) is 1. The van der Waals surface area contributed by atoms with Crippen LogP contribution in [0.2, 0.25) is 5.02 Å². The summed E-state index contributed by atoms with van der Waals surface area (Å²) >= 11 is 6.21. The standard InChI is InChI=1S/C16H17ClN6O/c17-10-5-1-2-6-11(10)20-14-13-15(22-16(18)21-14)23(9-19-13)12-7-3-4-8-24-12/h1-2,5-6,9,12H,3-4,7-8H2,(H3,18,20,21,22). The number of halogens is 1. The fourth-order valence-electron chi connectivity index (χ4n) is 2.86. The van der Waals surface area contributed by atoms with Gasteiger partial charge in [0.15, 0.2) is 17.0 Å². The molecule has 0 spiro atoms. The first-order chi connectivity index (χ1) is 11.7. The topological polar surface area (TPSA) is 90.9 Å². The van der Waals surface area contributed by atoms with Crippen molar-refractivity contribution in [1.82, 2.24) is 19.5 Å². The van der Waals surface area contributed by atoms with Gasteiger partial charge in [0.2, 0.25) is 5.95 Å². The van der Waals surface area contributed by atoms with E-state index in [0.717, 1.165) is 31.6 Å². The Bertz CT molecular complexity index is 874. The van der Waals surface area contributed by atoms with Crippen molar-refractivity contribution >= 4 is 40.2 Å². The van der Waals surface area contributed by atoms with E-state index >= 15 is 0 Å². The first kappa shape index (κ1) is 15.2. The Balaban J connectivity index is 1.76. The van der Waals surface area contributed by atoms with Crippen molar-refractivity contribution in [2.75, 3.05) is 17.7 Å². The molecule has 1 atom stereocenters. The van der Waals surface area contributed by atoms with Crippen LogP contribution in [-0.4, -0.2) is 26.1 Å². The molecule has 4 rings (SSSR count). The third-order valence-electron chi connectivity index (χ3n) is 4.03. The first-order valence-corrected chi connectivity index (χ1v) is 8.23. The third kappa shape index (κ3) is 2.76. The van der Waals surface area contributed by atoms with Crippen LogP contribution in [0.15, 0.2) is 30.6 Å². The van der Waals surface area contributed by atoms with Gasteiger partial charge in [-0.15, -0.1) is 0 Å². The second-order valence-electron chi connectivity index (χ2n) is 5.68. The minimum atomic E-state index is -0.0637. The van der Waals surface area contributed by atoms with Crippen LogP contribution < -0.4 is 11.1 Å². The number of aromatic nitrogens is 4. The summed E-state index contributed by atoms with van der Waals surface area (Å²) in [6.45, 7) is 0.746. The van der Waals surface area contributed by atoms with Crippen molar-refractivity contribution in [2.24, 2.45) is 0 Å². The molecule has 0 aliphatic carbocycles. The van der Waals surface area contributed by atoms with Crippen molar-refractivity contribution in [3.05, 3.63) is 35.6 Å². The maximum Gasteiger partial charge on any atom is 0.224 e. The number of imidazole rings is 1. The highest BCUT2D eigenvalue weighted by Crippen LogP contribution is 2.31. The Kier molecular flexibility index (Phi) is 3.95. The van der Waals surface area contributed by atoms with Gasteiger partial charge >= 0.3 is 0 Å². The molecule has 8 heteroatoms. The highest BCUT2D eigenvalue weighted by Gasteiger charge is 2.21. The number of nitrogens with two attached hydrogens (primary N) is 1. The van der Waals surface area contributed by atoms with Crippen LogP contribution in [0.3, 0.4) is 0 Å². The summed E-state index contributed by atoms with van der Waals surface area (Å²) in [5, 5.41) is 3.79. The average molecular weight is 345 g/mol. The van der Waals surface area contributed by atoms with Gasteiger partial charge in [0, 0.05) is 6.61 Å². The maximum absolute atomic E-state index is 6.21. The molecule has 0 radical (unpaired) electrons. The molecule has 3 heterocycles. The number of rotatable bonds is 3. The quantitative estimate of drug-likeness (QED) is 0.755. The van der Waals surface area contributed by atoms with Gasteiger partial charge in [-0.25, -0.2) is 4.98 Å². The van der Waals surface area contributed by atoms with Gasteiger partial charge in [0.25, 0.3) is 0 Å². The van der Waals surface area contributed by atoms with Crippen molar-refractivity contribution in [1.29, 1.82) is 0 Å². The van der Waals surface area contributed by atoms with Crippen LogP contribution in [0, 0.1) is 0 Å². The van der Waals surface area contributed by atoms with Crippen molar-refractivity contribution in [3.63, 3.8) is 0 Å². The molecule has 2 aromatic heterocycles. The van der Waals surface area contributed by atoms with E-state index in [1.165, 1.54) is 0 Å². The molecule has 24 heavy (non-hydrogen) atoms. The highest BCUT2D eigenvalue weighted by atomic mass is 35.5. The Morgan fingerprint density at radius 1 is 1.25 bits per heavy atom. The Morgan fingerprint density at radius 2 is 2.12 bits per heavy atom. The SMILES string of the molecule is Nc1nc(Nc2ccccc2Cl)c2ncn(C3CCCCO3)c2n1. The average Bonchev–Trinajstić information content (AvgIpc) is 3.01. The zero-order chi connectivity index (χ0) is 16.5. The molecule has 124 valence electrons. The minimum absolute atomic E-state index is 0.0637. The number of nitrogens with one attached hydrogen (secondary N) is 1. The number of hydrogen-bond donors (Lipinski definition) is 2. The molecule has 7 nitrogen and oxygen atoms in total. The van der Waals surface area contributed by atoms with Crippen LogP contribution >= 0.6 is 11.6 Å². The molecule has 1 aliphatic rings. The lowest BCUT2D eigenvalue weighted by molar-refractivity contribution is -0.0298. The van der Waals surface area contributed by atoms with Gasteiger partial charge in [-0.2, -0.15) is 9.97 Å². The predicted octanol–water partition coefficient (Wildman–Crippen LogP) is 3.50. The van der Waals surface area contributed by atoms with Gasteiger partial charge in [0.05, 0.1) is 17.0 Å². The largest absolute Gasteiger partial charge is 0.368 e. The van der Waals surface area contributed by atoms with Crippen LogP contribution in [0.5, 0.6) is 0 Å². The summed E-state index contributed by atoms with van der Waals surface area (Å²) in [5.41, 5.74) is 7.93. The van der Waals surface area contributed by atoms with Crippen LogP contribution in [-0.2, 0) is 4.74 Å². The molecule has 0 bridgehead atoms. The van der Waals surface area contributed by atoms with E-state index in [-0.39, 0.29) is 12.2 Å². The van der Waals surface area contributed by atoms with E-state index in [4.69, 9.17) is 22.1 Å².